The molecule has 0 aromatic heterocycles. The van der Waals surface area contributed by atoms with E-state index in [2.05, 4.69) is 0 Å². The second-order valence-electron chi connectivity index (χ2n) is 2.70. The fourth-order valence-corrected chi connectivity index (χ4v) is 1.16. The topological polar surface area (TPSA) is 71.4 Å². The Bertz CT molecular complexity index is 454. The smallest absolute Gasteiger partial charge is 0.130 e. The maximum atomic E-state index is 8.56. The van der Waals surface area contributed by atoms with Crippen molar-refractivity contribution in [1.29, 1.82) is 15.8 Å². The molecular weight excluding hydrogens is 183 g/mol. The molecule has 1 saturated carbocycles. The van der Waals surface area contributed by atoms with Gasteiger partial charge in [-0.25, -0.2) is 0 Å². The van der Waals surface area contributed by atoms with Gasteiger partial charge in [-0.15, -0.1) is 0 Å². The van der Waals surface area contributed by atoms with E-state index in [4.69, 9.17) is 39.3 Å². The normalized spacial score (nSPS) is 12.2. The minimum Gasteiger partial charge on any atom is -0.194 e. The molecule has 3 nitrogen and oxygen atoms in total. The van der Waals surface area contributed by atoms with Gasteiger partial charge in [0.2, 0.25) is 0 Å². The summed E-state index contributed by atoms with van der Waals surface area (Å²) in [6.07, 6.45) is 0. The van der Waals surface area contributed by atoms with E-state index in [0.29, 0.717) is 16.7 Å². The fourth-order valence-electron chi connectivity index (χ4n) is 1.16. The van der Waals surface area contributed by atoms with Gasteiger partial charge in [-0.05, 0) is 33.1 Å². The van der Waals surface area contributed by atoms with Gasteiger partial charge in [-0.3, -0.25) is 0 Å². The molecule has 15 heavy (non-hydrogen) atoms. The molecule has 0 aromatic rings. The van der Waals surface area contributed by atoms with Gasteiger partial charge >= 0.3 is 0 Å². The molecule has 0 spiro atoms. The van der Waals surface area contributed by atoms with Gasteiger partial charge in [-0.1, -0.05) is 0 Å². The summed E-state index contributed by atoms with van der Waals surface area (Å²) < 4.78 is 0. The van der Waals surface area contributed by atoms with Crippen molar-refractivity contribution >= 4 is 23.5 Å². The van der Waals surface area contributed by atoms with E-state index in [0.717, 1.165) is 0 Å². The van der Waals surface area contributed by atoms with Crippen LogP contribution >= 0.6 is 0 Å². The number of hydrogen-bond donors (Lipinski definition) is 0. The molecule has 0 saturated heterocycles. The van der Waals surface area contributed by atoms with Gasteiger partial charge < -0.3 is 0 Å². The van der Waals surface area contributed by atoms with Crippen molar-refractivity contribution in [2.75, 3.05) is 0 Å². The molecule has 1 aliphatic rings. The average Bonchev–Trinajstić information content (AvgIpc) is 3.00. The minimum absolute atomic E-state index is 0.101. The lowest BCUT2D eigenvalue weighted by molar-refractivity contribution is 1.51. The summed E-state index contributed by atoms with van der Waals surface area (Å²) in [5, 5.41) is 25.7. The van der Waals surface area contributed by atoms with E-state index in [1.54, 1.807) is 18.2 Å². The average molecular weight is 183 g/mol. The zero-order valence-electron chi connectivity index (χ0n) is 7.57. The minimum atomic E-state index is -0.101. The molecule has 0 N–H and O–H groups in total. The highest BCUT2D eigenvalue weighted by Crippen LogP contribution is 2.48. The van der Waals surface area contributed by atoms with Crippen molar-refractivity contribution in [3.63, 3.8) is 0 Å². The summed E-state index contributed by atoms with van der Waals surface area (Å²) in [6, 6.07) is 5.11. The Balaban J connectivity index is 3.49. The zero-order valence-corrected chi connectivity index (χ0v) is 7.57. The van der Waals surface area contributed by atoms with Crippen molar-refractivity contribution in [1.82, 2.24) is 0 Å². The Kier molecular flexibility index (Phi) is 2.89. The van der Waals surface area contributed by atoms with Crippen LogP contribution in [-0.4, -0.2) is 23.5 Å². The molecule has 0 unspecified atom stereocenters. The second kappa shape index (κ2) is 3.95. The predicted molar refractivity (Wildman–Crippen MR) is 55.2 cm³/mol. The quantitative estimate of drug-likeness (QED) is 0.386. The predicted octanol–water partition coefficient (Wildman–Crippen LogP) is -0.161. The van der Waals surface area contributed by atoms with Crippen LogP contribution in [0.2, 0.25) is 0 Å². The molecular formula is C9B3N3. The van der Waals surface area contributed by atoms with E-state index in [-0.39, 0.29) is 16.4 Å². The third kappa shape index (κ3) is 1.73. The maximum absolute atomic E-state index is 8.56. The van der Waals surface area contributed by atoms with Crippen LogP contribution < -0.4 is 0 Å². The number of hydrogen-bond acceptors (Lipinski definition) is 3. The highest BCUT2D eigenvalue weighted by molar-refractivity contribution is 6.33. The lowest BCUT2D eigenvalue weighted by Crippen LogP contribution is -1.76. The summed E-state index contributed by atoms with van der Waals surface area (Å²) in [4.78, 5) is 0. The Hall–Kier alpha value is -2.12. The lowest BCUT2D eigenvalue weighted by Gasteiger charge is -1.78. The first-order chi connectivity index (χ1) is 7.08. The van der Waals surface area contributed by atoms with Crippen LogP contribution in [0.15, 0.2) is 33.1 Å². The Morgan fingerprint density at radius 1 is 0.667 bits per heavy atom. The molecule has 6 heteroatoms. The molecule has 0 atom stereocenters. The van der Waals surface area contributed by atoms with E-state index < -0.39 is 0 Å². The highest BCUT2D eigenvalue weighted by Gasteiger charge is 2.35. The summed E-state index contributed by atoms with van der Waals surface area (Å²) >= 11 is 0. The van der Waals surface area contributed by atoms with Gasteiger partial charge in [0.1, 0.15) is 23.5 Å². The van der Waals surface area contributed by atoms with Gasteiger partial charge in [0.05, 0.1) is 18.2 Å². The monoisotopic (exact) mass is 183 g/mol. The summed E-state index contributed by atoms with van der Waals surface area (Å²) in [7, 11) is 16.1. The first kappa shape index (κ1) is 11.0. The van der Waals surface area contributed by atoms with E-state index in [1.165, 1.54) is 0 Å². The first-order valence-corrected chi connectivity index (χ1v) is 3.79. The molecule has 0 aromatic carbocycles. The van der Waals surface area contributed by atoms with Gasteiger partial charge in [-0.2, -0.15) is 15.8 Å². The van der Waals surface area contributed by atoms with Crippen molar-refractivity contribution < 1.29 is 0 Å². The Labute approximate surface area is 91.2 Å². The van der Waals surface area contributed by atoms with E-state index >= 15 is 0 Å². The third-order valence-corrected chi connectivity index (χ3v) is 1.86. The zero-order chi connectivity index (χ0) is 11.6. The number of nitrogens with zero attached hydrogens (tertiary/aromatic N) is 3. The number of rotatable bonds is 0. The van der Waals surface area contributed by atoms with Gasteiger partial charge in [0, 0.05) is 0 Å². The molecule has 0 heterocycles. The van der Waals surface area contributed by atoms with Crippen LogP contribution in [0.1, 0.15) is 0 Å². The summed E-state index contributed by atoms with van der Waals surface area (Å²) in [6.45, 7) is 0. The molecule has 0 bridgehead atoms. The van der Waals surface area contributed by atoms with Crippen LogP contribution in [0.25, 0.3) is 0 Å². The Morgan fingerprint density at radius 2 is 0.867 bits per heavy atom. The summed E-state index contributed by atoms with van der Waals surface area (Å²) in [5.41, 5.74) is 0.603. The largest absolute Gasteiger partial charge is 0.194 e. The molecule has 60 valence electrons. The SMILES string of the molecule is [B]C(C#N)=C1C(=C([B])C#N)C1=C([B])C#N. The van der Waals surface area contributed by atoms with Crippen LogP contribution in [0.4, 0.5) is 0 Å². The van der Waals surface area contributed by atoms with Crippen molar-refractivity contribution in [2.24, 2.45) is 0 Å². The molecule has 1 aliphatic carbocycles. The van der Waals surface area contributed by atoms with Crippen LogP contribution in [0.3, 0.4) is 0 Å². The molecule has 0 amide bonds. The van der Waals surface area contributed by atoms with Crippen LogP contribution in [0, 0.1) is 34.0 Å². The van der Waals surface area contributed by atoms with Gasteiger partial charge in [0.15, 0.2) is 0 Å². The highest BCUT2D eigenvalue weighted by atomic mass is 14.4. The lowest BCUT2D eigenvalue weighted by atomic mass is 9.93. The summed E-state index contributed by atoms with van der Waals surface area (Å²) in [5.74, 6) is 0. The van der Waals surface area contributed by atoms with Crippen molar-refractivity contribution in [3.8, 4) is 18.2 Å². The molecule has 1 fully saturated rings. The first-order valence-electron chi connectivity index (χ1n) is 3.79. The third-order valence-electron chi connectivity index (χ3n) is 1.86. The molecule has 0 aliphatic heterocycles. The van der Waals surface area contributed by atoms with Crippen molar-refractivity contribution in [3.05, 3.63) is 33.1 Å². The Morgan fingerprint density at radius 3 is 1.00 bits per heavy atom. The maximum Gasteiger partial charge on any atom is 0.130 e. The second-order valence-corrected chi connectivity index (χ2v) is 2.70. The standard InChI is InChI=1S/C9B3N3/c10-4(1-13)7-8(5(11)2-14)9(7)6(12)3-15. The van der Waals surface area contributed by atoms with Crippen LogP contribution in [-0.2, 0) is 0 Å². The van der Waals surface area contributed by atoms with Crippen LogP contribution in [0.5, 0.6) is 0 Å². The van der Waals surface area contributed by atoms with E-state index in [1.807, 2.05) is 0 Å². The fraction of sp³-hybridized carbons (Fsp3) is 0. The van der Waals surface area contributed by atoms with E-state index in [9.17, 15) is 0 Å². The van der Waals surface area contributed by atoms with Gasteiger partial charge in [0.25, 0.3) is 0 Å². The number of allylic oxidation sites excluding steroid dienone is 6. The van der Waals surface area contributed by atoms with Crippen molar-refractivity contribution in [2.45, 2.75) is 0 Å². The number of nitriles is 3. The molecule has 6 radical (unpaired) electrons. The molecule has 1 rings (SSSR count).